The Labute approximate surface area is 127 Å². The Morgan fingerprint density at radius 2 is 1.95 bits per heavy atom. The van der Waals surface area contributed by atoms with Crippen molar-refractivity contribution in [3.8, 4) is 0 Å². The van der Waals surface area contributed by atoms with Gasteiger partial charge in [0.05, 0.1) is 12.0 Å². The highest BCUT2D eigenvalue weighted by Gasteiger charge is 2.33. The topological polar surface area (TPSA) is 50.2 Å². The molecule has 0 unspecified atom stereocenters. The molecule has 21 heavy (non-hydrogen) atoms. The van der Waals surface area contributed by atoms with Crippen molar-refractivity contribution in [2.75, 3.05) is 20.6 Å². The molecule has 1 saturated carbocycles. The Morgan fingerprint density at radius 3 is 2.43 bits per heavy atom. The van der Waals surface area contributed by atoms with Gasteiger partial charge in [0.25, 0.3) is 5.91 Å². The van der Waals surface area contributed by atoms with Crippen LogP contribution in [-0.4, -0.2) is 46.5 Å². The molecule has 1 fully saturated rings. The highest BCUT2D eigenvalue weighted by molar-refractivity contribution is 5.93. The number of aromatic nitrogens is 2. The van der Waals surface area contributed by atoms with Gasteiger partial charge in [0.2, 0.25) is 0 Å². The van der Waals surface area contributed by atoms with Crippen LogP contribution in [0.4, 0.5) is 0 Å². The fourth-order valence-electron chi connectivity index (χ4n) is 3.37. The number of aryl methyl sites for hydroxylation is 2. The van der Waals surface area contributed by atoms with Crippen LogP contribution < -0.4 is 5.32 Å². The van der Waals surface area contributed by atoms with E-state index < -0.39 is 0 Å². The minimum absolute atomic E-state index is 0.0158. The first-order valence-corrected chi connectivity index (χ1v) is 7.90. The van der Waals surface area contributed by atoms with E-state index in [0.29, 0.717) is 12.2 Å². The number of carbonyl (C=O) groups is 1. The summed E-state index contributed by atoms with van der Waals surface area (Å²) in [5.41, 5.74) is 1.55. The fraction of sp³-hybridized carbons (Fsp3) is 0.750. The van der Waals surface area contributed by atoms with E-state index in [-0.39, 0.29) is 11.4 Å². The zero-order valence-electron chi connectivity index (χ0n) is 13.8. The Hall–Kier alpha value is -1.36. The summed E-state index contributed by atoms with van der Waals surface area (Å²) in [5, 5.41) is 3.14. The van der Waals surface area contributed by atoms with Crippen molar-refractivity contribution in [1.29, 1.82) is 0 Å². The molecule has 1 amide bonds. The van der Waals surface area contributed by atoms with Crippen LogP contribution in [0.3, 0.4) is 0 Å². The largest absolute Gasteiger partial charge is 0.349 e. The number of nitrogens with one attached hydrogen (secondary N) is 1. The number of imidazole rings is 1. The molecule has 1 aromatic heterocycles. The quantitative estimate of drug-likeness (QED) is 0.865. The minimum atomic E-state index is -0.0158. The lowest BCUT2D eigenvalue weighted by molar-refractivity contribution is 0.0861. The Bertz CT molecular complexity index is 465. The van der Waals surface area contributed by atoms with Crippen molar-refractivity contribution in [3.63, 3.8) is 0 Å². The SMILES string of the molecule is Cc1ncn(C)c1C(=O)NCC1(N(C)C)CCCCCC1. The second kappa shape index (κ2) is 6.60. The number of rotatable bonds is 4. The zero-order chi connectivity index (χ0) is 15.5. The fourth-order valence-corrected chi connectivity index (χ4v) is 3.37. The highest BCUT2D eigenvalue weighted by atomic mass is 16.2. The van der Waals surface area contributed by atoms with Gasteiger partial charge in [-0.3, -0.25) is 4.79 Å². The molecule has 1 aliphatic carbocycles. The van der Waals surface area contributed by atoms with Crippen molar-refractivity contribution < 1.29 is 4.79 Å². The number of nitrogens with zero attached hydrogens (tertiary/aromatic N) is 3. The van der Waals surface area contributed by atoms with Crippen LogP contribution in [0.5, 0.6) is 0 Å². The third kappa shape index (κ3) is 3.46. The first-order chi connectivity index (χ1) is 9.96. The maximum Gasteiger partial charge on any atom is 0.269 e. The Balaban J connectivity index is 2.07. The van der Waals surface area contributed by atoms with Crippen molar-refractivity contribution in [2.45, 2.75) is 51.0 Å². The standard InChI is InChI=1S/C16H28N4O/c1-13-14(20(4)12-18-13)15(21)17-11-16(19(2)3)9-7-5-6-8-10-16/h12H,5-11H2,1-4H3,(H,17,21). The maximum absolute atomic E-state index is 12.5. The molecular formula is C16H28N4O. The molecule has 1 aromatic rings. The van der Waals surface area contributed by atoms with Gasteiger partial charge >= 0.3 is 0 Å². The molecule has 0 aliphatic heterocycles. The van der Waals surface area contributed by atoms with Crippen LogP contribution in [0.25, 0.3) is 0 Å². The van der Waals surface area contributed by atoms with Crippen LogP contribution in [0, 0.1) is 6.92 Å². The van der Waals surface area contributed by atoms with Crippen molar-refractivity contribution in [1.82, 2.24) is 19.8 Å². The van der Waals surface area contributed by atoms with E-state index in [9.17, 15) is 4.79 Å². The summed E-state index contributed by atoms with van der Waals surface area (Å²) in [6.45, 7) is 2.59. The van der Waals surface area contributed by atoms with Crippen LogP contribution >= 0.6 is 0 Å². The molecule has 0 bridgehead atoms. The van der Waals surface area contributed by atoms with Crippen LogP contribution in [0.15, 0.2) is 6.33 Å². The number of hydrogen-bond donors (Lipinski definition) is 1. The predicted molar refractivity (Wildman–Crippen MR) is 84.4 cm³/mol. The van der Waals surface area contributed by atoms with Gasteiger partial charge < -0.3 is 14.8 Å². The summed E-state index contributed by atoms with van der Waals surface area (Å²) < 4.78 is 1.79. The lowest BCUT2D eigenvalue weighted by atomic mass is 9.88. The van der Waals surface area contributed by atoms with E-state index in [2.05, 4.69) is 29.3 Å². The maximum atomic E-state index is 12.5. The van der Waals surface area contributed by atoms with Crippen LogP contribution in [0.2, 0.25) is 0 Å². The molecule has 0 spiro atoms. The van der Waals surface area contributed by atoms with Crippen molar-refractivity contribution in [3.05, 3.63) is 17.7 Å². The van der Waals surface area contributed by atoms with E-state index >= 15 is 0 Å². The molecule has 0 aromatic carbocycles. The predicted octanol–water partition coefficient (Wildman–Crippen LogP) is 2.11. The molecule has 1 heterocycles. The molecule has 0 radical (unpaired) electrons. The van der Waals surface area contributed by atoms with Gasteiger partial charge in [-0.1, -0.05) is 25.7 Å². The lowest BCUT2D eigenvalue weighted by Gasteiger charge is -2.39. The van der Waals surface area contributed by atoms with Gasteiger partial charge in [-0.25, -0.2) is 4.98 Å². The number of likely N-dealkylation sites (N-methyl/N-ethyl adjacent to an activating group) is 1. The second-order valence-corrected chi connectivity index (χ2v) is 6.51. The average Bonchev–Trinajstić information content (AvgIpc) is 2.67. The van der Waals surface area contributed by atoms with E-state index in [4.69, 9.17) is 0 Å². The van der Waals surface area contributed by atoms with Gasteiger partial charge in [-0.2, -0.15) is 0 Å². The normalized spacial score (nSPS) is 18.5. The van der Waals surface area contributed by atoms with Crippen molar-refractivity contribution in [2.24, 2.45) is 7.05 Å². The van der Waals surface area contributed by atoms with Gasteiger partial charge in [-0.15, -0.1) is 0 Å². The van der Waals surface area contributed by atoms with E-state index in [0.717, 1.165) is 18.5 Å². The van der Waals surface area contributed by atoms with Crippen LogP contribution in [0.1, 0.15) is 54.7 Å². The number of carbonyl (C=O) groups excluding carboxylic acids is 1. The summed E-state index contributed by atoms with van der Waals surface area (Å²) in [6, 6.07) is 0. The average molecular weight is 292 g/mol. The number of hydrogen-bond acceptors (Lipinski definition) is 3. The lowest BCUT2D eigenvalue weighted by Crippen LogP contribution is -2.52. The molecule has 5 nitrogen and oxygen atoms in total. The van der Waals surface area contributed by atoms with Gasteiger partial charge in [0.1, 0.15) is 5.69 Å². The molecule has 0 atom stereocenters. The third-order valence-electron chi connectivity index (χ3n) is 4.90. The molecule has 118 valence electrons. The summed E-state index contributed by atoms with van der Waals surface area (Å²) in [6.07, 6.45) is 9.12. The summed E-state index contributed by atoms with van der Waals surface area (Å²) >= 11 is 0. The molecular weight excluding hydrogens is 264 g/mol. The van der Waals surface area contributed by atoms with E-state index in [1.807, 2.05) is 14.0 Å². The van der Waals surface area contributed by atoms with Gasteiger partial charge in [-0.05, 0) is 33.9 Å². The summed E-state index contributed by atoms with van der Waals surface area (Å²) in [4.78, 5) is 18.9. The smallest absolute Gasteiger partial charge is 0.269 e. The Kier molecular flexibility index (Phi) is 5.04. The first kappa shape index (κ1) is 16.0. The van der Waals surface area contributed by atoms with Gasteiger partial charge in [0, 0.05) is 19.1 Å². The highest BCUT2D eigenvalue weighted by Crippen LogP contribution is 2.30. The Morgan fingerprint density at radius 1 is 1.33 bits per heavy atom. The van der Waals surface area contributed by atoms with Crippen molar-refractivity contribution >= 4 is 5.91 Å². The van der Waals surface area contributed by atoms with Gasteiger partial charge in [0.15, 0.2) is 0 Å². The molecule has 2 rings (SSSR count). The summed E-state index contributed by atoms with van der Waals surface area (Å²) in [5.74, 6) is -0.0158. The van der Waals surface area contributed by atoms with E-state index in [1.54, 1.807) is 10.9 Å². The molecule has 1 N–H and O–H groups in total. The monoisotopic (exact) mass is 292 g/mol. The molecule has 0 saturated heterocycles. The molecule has 5 heteroatoms. The first-order valence-electron chi connectivity index (χ1n) is 7.90. The zero-order valence-corrected chi connectivity index (χ0v) is 13.8. The minimum Gasteiger partial charge on any atom is -0.349 e. The second-order valence-electron chi connectivity index (χ2n) is 6.51. The third-order valence-corrected chi connectivity index (χ3v) is 4.90. The summed E-state index contributed by atoms with van der Waals surface area (Å²) in [7, 11) is 6.13. The van der Waals surface area contributed by atoms with Crippen LogP contribution in [-0.2, 0) is 7.05 Å². The molecule has 1 aliphatic rings. The number of amides is 1. The van der Waals surface area contributed by atoms with E-state index in [1.165, 1.54) is 25.7 Å².